The van der Waals surface area contributed by atoms with Crippen molar-refractivity contribution in [1.29, 1.82) is 0 Å². The van der Waals surface area contributed by atoms with E-state index in [4.69, 9.17) is 24.8 Å². The molecule has 10 nitrogen and oxygen atoms in total. The fourth-order valence-corrected chi connectivity index (χ4v) is 1.85. The molecular formula is C22H26O10. The molecule has 0 amide bonds. The Labute approximate surface area is 184 Å². The Balaban J connectivity index is 0.000000604. The van der Waals surface area contributed by atoms with Gasteiger partial charge in [-0.25, -0.2) is 24.0 Å². The third-order valence-electron chi connectivity index (χ3n) is 3.61. The van der Waals surface area contributed by atoms with Crippen molar-refractivity contribution in [3.05, 3.63) is 59.2 Å². The number of hydrogen-bond donors (Lipinski definition) is 3. The summed E-state index contributed by atoms with van der Waals surface area (Å²) in [5.74, 6) is -5.08. The first kappa shape index (κ1) is 28.1. The van der Waals surface area contributed by atoms with Crippen LogP contribution >= 0.6 is 0 Å². The van der Waals surface area contributed by atoms with Gasteiger partial charge in [-0.15, -0.1) is 0 Å². The second kappa shape index (κ2) is 12.0. The number of aromatic carboxylic acids is 3. The molecule has 3 N–H and O–H groups in total. The summed E-state index contributed by atoms with van der Waals surface area (Å²) in [4.78, 5) is 54.1. The van der Waals surface area contributed by atoms with E-state index in [0.29, 0.717) is 11.1 Å². The van der Waals surface area contributed by atoms with Gasteiger partial charge in [0.2, 0.25) is 0 Å². The van der Waals surface area contributed by atoms with Gasteiger partial charge in [-0.3, -0.25) is 0 Å². The van der Waals surface area contributed by atoms with E-state index in [1.54, 1.807) is 13.8 Å². The van der Waals surface area contributed by atoms with Gasteiger partial charge in [0.15, 0.2) is 0 Å². The van der Waals surface area contributed by atoms with Crippen molar-refractivity contribution in [3.63, 3.8) is 0 Å². The standard InChI is InChI=1S/C13H20O4.C9H6O6/c1-9(2)11(14)16-7-13(5,6)8-17-12(15)10(3)4;10-7(11)4-1-2-5(8(12)13)6(3-4)9(14)15/h1,3,7-8H2,2,4-6H3;1-3H,(H,10,11)(H,12,13)(H,14,15). The number of rotatable bonds is 9. The molecule has 0 saturated heterocycles. The average molecular weight is 450 g/mol. The highest BCUT2D eigenvalue weighted by Crippen LogP contribution is 2.17. The molecule has 0 aromatic heterocycles. The molecule has 1 aromatic rings. The van der Waals surface area contributed by atoms with E-state index in [9.17, 15) is 24.0 Å². The molecular weight excluding hydrogens is 424 g/mol. The Morgan fingerprint density at radius 1 is 0.781 bits per heavy atom. The van der Waals surface area contributed by atoms with Gasteiger partial charge in [-0.2, -0.15) is 0 Å². The number of carbonyl (C=O) groups is 5. The minimum atomic E-state index is -1.48. The maximum absolute atomic E-state index is 11.2. The van der Waals surface area contributed by atoms with Crippen molar-refractivity contribution < 1.29 is 48.8 Å². The minimum absolute atomic E-state index is 0.169. The van der Waals surface area contributed by atoms with Crippen molar-refractivity contribution in [3.8, 4) is 0 Å². The van der Waals surface area contributed by atoms with Crippen LogP contribution in [0.5, 0.6) is 0 Å². The van der Waals surface area contributed by atoms with Crippen LogP contribution in [-0.4, -0.2) is 58.4 Å². The Bertz CT molecular complexity index is 908. The second-order valence-electron chi connectivity index (χ2n) is 7.55. The number of carbonyl (C=O) groups excluding carboxylic acids is 2. The monoisotopic (exact) mass is 450 g/mol. The van der Waals surface area contributed by atoms with E-state index in [-0.39, 0.29) is 18.8 Å². The van der Waals surface area contributed by atoms with Crippen LogP contribution in [0.4, 0.5) is 0 Å². The molecule has 0 spiro atoms. The summed E-state index contributed by atoms with van der Waals surface area (Å²) in [5, 5.41) is 25.9. The van der Waals surface area contributed by atoms with Gasteiger partial charge in [0.1, 0.15) is 0 Å². The zero-order valence-corrected chi connectivity index (χ0v) is 18.3. The van der Waals surface area contributed by atoms with Crippen molar-refractivity contribution >= 4 is 29.8 Å². The lowest BCUT2D eigenvalue weighted by Gasteiger charge is -2.23. The van der Waals surface area contributed by atoms with Crippen LogP contribution in [0, 0.1) is 5.41 Å². The second-order valence-corrected chi connectivity index (χ2v) is 7.55. The Morgan fingerprint density at radius 3 is 1.50 bits per heavy atom. The first-order chi connectivity index (χ1) is 14.6. The van der Waals surface area contributed by atoms with Gasteiger partial charge in [0.05, 0.1) is 29.9 Å². The number of carboxylic acids is 3. The molecule has 0 atom stereocenters. The highest BCUT2D eigenvalue weighted by atomic mass is 16.5. The lowest BCUT2D eigenvalue weighted by molar-refractivity contribution is -0.147. The summed E-state index contributed by atoms with van der Waals surface area (Å²) in [6.45, 7) is 14.1. The quantitative estimate of drug-likeness (QED) is 0.376. The lowest BCUT2D eigenvalue weighted by atomic mass is 9.96. The smallest absolute Gasteiger partial charge is 0.336 e. The molecule has 0 aliphatic rings. The normalized spacial score (nSPS) is 10.1. The summed E-state index contributed by atoms with van der Waals surface area (Å²) in [5.41, 5.74) is -0.984. The fourth-order valence-electron chi connectivity index (χ4n) is 1.85. The summed E-state index contributed by atoms with van der Waals surface area (Å²) in [7, 11) is 0. The van der Waals surface area contributed by atoms with E-state index >= 15 is 0 Å². The predicted molar refractivity (Wildman–Crippen MR) is 113 cm³/mol. The topological polar surface area (TPSA) is 164 Å². The van der Waals surface area contributed by atoms with E-state index in [2.05, 4.69) is 13.2 Å². The molecule has 1 aromatic carbocycles. The number of carboxylic acid groups (broad SMARTS) is 3. The summed E-state index contributed by atoms with van der Waals surface area (Å²) in [6.07, 6.45) is 0. The maximum atomic E-state index is 11.2. The van der Waals surface area contributed by atoms with Crippen LogP contribution in [0.2, 0.25) is 0 Å². The third kappa shape index (κ3) is 9.70. The van der Waals surface area contributed by atoms with Crippen molar-refractivity contribution in [2.45, 2.75) is 27.7 Å². The molecule has 0 bridgehead atoms. The Hall–Kier alpha value is -3.95. The van der Waals surface area contributed by atoms with Crippen molar-refractivity contribution in [2.24, 2.45) is 5.41 Å². The minimum Gasteiger partial charge on any atom is -0.478 e. The molecule has 10 heteroatoms. The number of esters is 2. The highest BCUT2D eigenvalue weighted by Gasteiger charge is 2.23. The zero-order chi connectivity index (χ0) is 25.2. The lowest BCUT2D eigenvalue weighted by Crippen LogP contribution is -2.28. The van der Waals surface area contributed by atoms with E-state index in [0.717, 1.165) is 18.2 Å². The van der Waals surface area contributed by atoms with Crippen LogP contribution in [0.3, 0.4) is 0 Å². The Kier molecular flexibility index (Phi) is 10.6. The molecule has 0 unspecified atom stereocenters. The van der Waals surface area contributed by atoms with Gasteiger partial charge in [0, 0.05) is 16.6 Å². The molecule has 32 heavy (non-hydrogen) atoms. The molecule has 0 saturated carbocycles. The van der Waals surface area contributed by atoms with E-state index < -0.39 is 46.4 Å². The first-order valence-electron chi connectivity index (χ1n) is 9.08. The molecule has 0 heterocycles. The molecule has 0 radical (unpaired) electrons. The molecule has 174 valence electrons. The molecule has 0 fully saturated rings. The molecule has 1 rings (SSSR count). The summed E-state index contributed by atoms with van der Waals surface area (Å²) < 4.78 is 10.0. The summed E-state index contributed by atoms with van der Waals surface area (Å²) >= 11 is 0. The zero-order valence-electron chi connectivity index (χ0n) is 18.3. The third-order valence-corrected chi connectivity index (χ3v) is 3.61. The molecule has 0 aliphatic carbocycles. The maximum Gasteiger partial charge on any atom is 0.336 e. The van der Waals surface area contributed by atoms with Crippen LogP contribution in [0.1, 0.15) is 58.8 Å². The van der Waals surface area contributed by atoms with Crippen LogP contribution in [0.15, 0.2) is 42.5 Å². The van der Waals surface area contributed by atoms with E-state index in [1.807, 2.05) is 13.8 Å². The van der Waals surface area contributed by atoms with Crippen molar-refractivity contribution in [1.82, 2.24) is 0 Å². The van der Waals surface area contributed by atoms with Gasteiger partial charge < -0.3 is 24.8 Å². The van der Waals surface area contributed by atoms with Gasteiger partial charge >= 0.3 is 29.8 Å². The van der Waals surface area contributed by atoms with Crippen LogP contribution in [0.25, 0.3) is 0 Å². The summed E-state index contributed by atoms with van der Waals surface area (Å²) in [6, 6.07) is 2.81. The van der Waals surface area contributed by atoms with Crippen molar-refractivity contribution in [2.75, 3.05) is 13.2 Å². The first-order valence-corrected chi connectivity index (χ1v) is 9.08. The number of hydrogen-bond acceptors (Lipinski definition) is 7. The van der Waals surface area contributed by atoms with Crippen LogP contribution in [-0.2, 0) is 19.1 Å². The van der Waals surface area contributed by atoms with E-state index in [1.165, 1.54) is 0 Å². The van der Waals surface area contributed by atoms with Gasteiger partial charge in [-0.1, -0.05) is 27.0 Å². The average Bonchev–Trinajstić information content (AvgIpc) is 2.69. The predicted octanol–water partition coefficient (Wildman–Crippen LogP) is 3.03. The van der Waals surface area contributed by atoms with Gasteiger partial charge in [0.25, 0.3) is 0 Å². The fraction of sp³-hybridized carbons (Fsp3) is 0.318. The Morgan fingerprint density at radius 2 is 1.19 bits per heavy atom. The largest absolute Gasteiger partial charge is 0.478 e. The highest BCUT2D eigenvalue weighted by molar-refractivity contribution is 6.03. The SMILES string of the molecule is C=C(C)C(=O)OCC(C)(C)COC(=O)C(=C)C.O=C(O)c1ccc(C(=O)O)c(C(=O)O)c1. The number of ether oxygens (including phenoxy) is 2. The van der Waals surface area contributed by atoms with Gasteiger partial charge in [-0.05, 0) is 32.0 Å². The number of benzene rings is 1. The van der Waals surface area contributed by atoms with Crippen LogP contribution < -0.4 is 0 Å². The molecule has 0 aliphatic heterocycles.